The van der Waals surface area contributed by atoms with Crippen LogP contribution in [0.5, 0.6) is 0 Å². The fraction of sp³-hybridized carbons (Fsp3) is 0.143. The van der Waals surface area contributed by atoms with Gasteiger partial charge in [0, 0.05) is 24.4 Å². The van der Waals surface area contributed by atoms with Gasteiger partial charge in [-0.1, -0.05) is 6.92 Å². The van der Waals surface area contributed by atoms with E-state index >= 15 is 0 Å². The first kappa shape index (κ1) is 12.3. The number of nitrogens with zero attached hydrogens (tertiary/aromatic N) is 4. The van der Waals surface area contributed by atoms with E-state index in [4.69, 9.17) is 5.11 Å². The predicted octanol–water partition coefficient (Wildman–Crippen LogP) is 2.05. The molecule has 3 rings (SSSR count). The molecule has 100 valence electrons. The summed E-state index contributed by atoms with van der Waals surface area (Å²) in [4.78, 5) is 19.4. The number of aromatic carboxylic acids is 1. The van der Waals surface area contributed by atoms with Crippen LogP contribution >= 0.6 is 0 Å². The van der Waals surface area contributed by atoms with Gasteiger partial charge in [0.15, 0.2) is 5.69 Å². The highest BCUT2D eigenvalue weighted by Crippen LogP contribution is 2.19. The van der Waals surface area contributed by atoms with Crippen LogP contribution in [0.15, 0.2) is 36.7 Å². The molecule has 0 aliphatic carbocycles. The van der Waals surface area contributed by atoms with E-state index in [0.29, 0.717) is 17.8 Å². The minimum Gasteiger partial charge on any atom is -0.476 e. The first-order chi connectivity index (χ1) is 9.70. The number of carboxylic acid groups (broad SMARTS) is 1. The zero-order chi connectivity index (χ0) is 14.1. The number of hydrogen-bond donors (Lipinski definition) is 1. The lowest BCUT2D eigenvalue weighted by Crippen LogP contribution is -2.00. The van der Waals surface area contributed by atoms with Crippen molar-refractivity contribution < 1.29 is 9.90 Å². The fourth-order valence-electron chi connectivity index (χ4n) is 2.09. The molecule has 1 N–H and O–H groups in total. The molecule has 0 atom stereocenters. The van der Waals surface area contributed by atoms with Gasteiger partial charge < -0.3 is 5.11 Å². The van der Waals surface area contributed by atoms with E-state index in [-0.39, 0.29) is 5.69 Å². The average Bonchev–Trinajstić information content (AvgIpc) is 2.86. The Morgan fingerprint density at radius 2 is 2.20 bits per heavy atom. The summed E-state index contributed by atoms with van der Waals surface area (Å²) in [6.45, 7) is 1.92. The molecule has 0 aliphatic rings. The van der Waals surface area contributed by atoms with Gasteiger partial charge in [0.2, 0.25) is 0 Å². The Bertz CT molecular complexity index is 780. The summed E-state index contributed by atoms with van der Waals surface area (Å²) >= 11 is 0. The number of imidazole rings is 1. The third-order valence-corrected chi connectivity index (χ3v) is 3.04. The third-order valence-electron chi connectivity index (χ3n) is 3.04. The smallest absolute Gasteiger partial charge is 0.356 e. The highest BCUT2D eigenvalue weighted by molar-refractivity contribution is 5.93. The molecule has 20 heavy (non-hydrogen) atoms. The summed E-state index contributed by atoms with van der Waals surface area (Å²) in [5, 5.41) is 13.6. The molecular formula is C14H12N4O2. The van der Waals surface area contributed by atoms with E-state index in [9.17, 15) is 4.79 Å². The Morgan fingerprint density at radius 1 is 1.35 bits per heavy atom. The Balaban J connectivity index is 2.23. The maximum atomic E-state index is 11.2. The van der Waals surface area contributed by atoms with Crippen LogP contribution in [0.2, 0.25) is 0 Å². The van der Waals surface area contributed by atoms with Crippen molar-refractivity contribution in [2.75, 3.05) is 0 Å². The van der Waals surface area contributed by atoms with Crippen LogP contribution in [0.3, 0.4) is 0 Å². The number of carboxylic acids is 1. The van der Waals surface area contributed by atoms with Crippen LogP contribution in [-0.2, 0) is 6.42 Å². The standard InChI is InChI=1S/C14H12N4O2/c1-2-12-16-13(14(19)20)11-6-5-10(17-18(11)12)9-4-3-7-15-8-9/h3-8H,2H2,1H3,(H,19,20). The van der Waals surface area contributed by atoms with Crippen LogP contribution in [0.25, 0.3) is 16.8 Å². The molecule has 0 bridgehead atoms. The molecule has 0 spiro atoms. The fourth-order valence-corrected chi connectivity index (χ4v) is 2.09. The quantitative estimate of drug-likeness (QED) is 0.786. The minimum absolute atomic E-state index is 0.0343. The van der Waals surface area contributed by atoms with Gasteiger partial charge >= 0.3 is 5.97 Å². The minimum atomic E-state index is -1.04. The summed E-state index contributed by atoms with van der Waals surface area (Å²) in [5.41, 5.74) is 2.14. The number of fused-ring (bicyclic) bond motifs is 1. The normalized spacial score (nSPS) is 10.8. The zero-order valence-corrected chi connectivity index (χ0v) is 10.8. The number of hydrogen-bond acceptors (Lipinski definition) is 4. The number of rotatable bonds is 3. The summed E-state index contributed by atoms with van der Waals surface area (Å²) in [7, 11) is 0. The van der Waals surface area contributed by atoms with Crippen molar-refractivity contribution in [1.82, 2.24) is 19.6 Å². The Labute approximate surface area is 114 Å². The molecule has 6 heteroatoms. The van der Waals surface area contributed by atoms with E-state index < -0.39 is 5.97 Å². The predicted molar refractivity (Wildman–Crippen MR) is 72.6 cm³/mol. The molecule has 0 amide bonds. The van der Waals surface area contributed by atoms with Crippen LogP contribution < -0.4 is 0 Å². The van der Waals surface area contributed by atoms with Crippen molar-refractivity contribution >= 4 is 11.5 Å². The van der Waals surface area contributed by atoms with Gasteiger partial charge in [-0.25, -0.2) is 14.3 Å². The number of aromatic nitrogens is 4. The average molecular weight is 268 g/mol. The molecule has 0 saturated heterocycles. The summed E-state index contributed by atoms with van der Waals surface area (Å²) in [6, 6.07) is 7.24. The van der Waals surface area contributed by atoms with Gasteiger partial charge in [-0.3, -0.25) is 4.98 Å². The van der Waals surface area contributed by atoms with Crippen LogP contribution in [0.1, 0.15) is 23.2 Å². The summed E-state index contributed by atoms with van der Waals surface area (Å²) in [6.07, 6.45) is 4.02. The zero-order valence-electron chi connectivity index (χ0n) is 10.8. The van der Waals surface area contributed by atoms with E-state index in [1.54, 1.807) is 29.0 Å². The van der Waals surface area contributed by atoms with Crippen molar-refractivity contribution in [2.45, 2.75) is 13.3 Å². The Morgan fingerprint density at radius 3 is 2.85 bits per heavy atom. The van der Waals surface area contributed by atoms with Gasteiger partial charge in [-0.05, 0) is 24.3 Å². The van der Waals surface area contributed by atoms with Crippen LogP contribution in [0.4, 0.5) is 0 Å². The van der Waals surface area contributed by atoms with E-state index in [2.05, 4.69) is 15.1 Å². The molecule has 0 fully saturated rings. The third kappa shape index (κ3) is 1.91. The van der Waals surface area contributed by atoms with E-state index in [0.717, 1.165) is 11.3 Å². The molecule has 3 aromatic heterocycles. The molecule has 0 aliphatic heterocycles. The number of carbonyl (C=O) groups is 1. The maximum Gasteiger partial charge on any atom is 0.356 e. The molecule has 0 unspecified atom stereocenters. The van der Waals surface area contributed by atoms with Crippen molar-refractivity contribution in [2.24, 2.45) is 0 Å². The van der Waals surface area contributed by atoms with Gasteiger partial charge in [-0.2, -0.15) is 5.10 Å². The topological polar surface area (TPSA) is 80.4 Å². The van der Waals surface area contributed by atoms with Gasteiger partial charge in [0.05, 0.1) is 11.2 Å². The number of aryl methyl sites for hydroxylation is 1. The van der Waals surface area contributed by atoms with E-state index in [1.807, 2.05) is 19.1 Å². The van der Waals surface area contributed by atoms with Crippen molar-refractivity contribution in [3.05, 3.63) is 48.2 Å². The Hall–Kier alpha value is -2.76. The molecule has 0 aromatic carbocycles. The van der Waals surface area contributed by atoms with Crippen molar-refractivity contribution in [1.29, 1.82) is 0 Å². The molecular weight excluding hydrogens is 256 g/mol. The highest BCUT2D eigenvalue weighted by atomic mass is 16.4. The highest BCUT2D eigenvalue weighted by Gasteiger charge is 2.17. The van der Waals surface area contributed by atoms with E-state index in [1.165, 1.54) is 0 Å². The lowest BCUT2D eigenvalue weighted by atomic mass is 10.2. The lowest BCUT2D eigenvalue weighted by Gasteiger charge is -2.02. The second-order valence-electron chi connectivity index (χ2n) is 4.29. The molecule has 3 aromatic rings. The largest absolute Gasteiger partial charge is 0.476 e. The maximum absolute atomic E-state index is 11.2. The lowest BCUT2D eigenvalue weighted by molar-refractivity contribution is 0.0693. The SMILES string of the molecule is CCc1nc(C(=O)O)c2ccc(-c3cccnc3)nn12. The summed E-state index contributed by atoms with van der Waals surface area (Å²) < 4.78 is 1.59. The molecule has 0 saturated carbocycles. The van der Waals surface area contributed by atoms with Crippen LogP contribution in [0, 0.1) is 0 Å². The van der Waals surface area contributed by atoms with Gasteiger partial charge in [0.1, 0.15) is 5.82 Å². The first-order valence-corrected chi connectivity index (χ1v) is 6.23. The van der Waals surface area contributed by atoms with Gasteiger partial charge in [-0.15, -0.1) is 0 Å². The second kappa shape index (κ2) is 4.73. The monoisotopic (exact) mass is 268 g/mol. The van der Waals surface area contributed by atoms with Crippen molar-refractivity contribution in [3.63, 3.8) is 0 Å². The van der Waals surface area contributed by atoms with Crippen LogP contribution in [-0.4, -0.2) is 30.7 Å². The van der Waals surface area contributed by atoms with Crippen molar-refractivity contribution in [3.8, 4) is 11.3 Å². The first-order valence-electron chi connectivity index (χ1n) is 6.23. The number of pyridine rings is 1. The Kier molecular flexibility index (Phi) is 2.90. The summed E-state index contributed by atoms with van der Waals surface area (Å²) in [5.74, 6) is -0.415. The second-order valence-corrected chi connectivity index (χ2v) is 4.29. The van der Waals surface area contributed by atoms with Gasteiger partial charge in [0.25, 0.3) is 0 Å². The molecule has 0 radical (unpaired) electrons. The molecule has 6 nitrogen and oxygen atoms in total. The molecule has 3 heterocycles.